The van der Waals surface area contributed by atoms with Gasteiger partial charge in [0.15, 0.2) is 12.4 Å². The second-order valence-corrected chi connectivity index (χ2v) is 3.75. The molecule has 2 unspecified atom stereocenters. The zero-order valence-corrected chi connectivity index (χ0v) is 9.37. The molecule has 2 rings (SSSR count). The van der Waals surface area contributed by atoms with Crippen molar-refractivity contribution in [2.45, 2.75) is 19.3 Å². The van der Waals surface area contributed by atoms with Crippen LogP contribution in [-0.2, 0) is 0 Å². The van der Waals surface area contributed by atoms with Gasteiger partial charge in [-0.15, -0.1) is 0 Å². The van der Waals surface area contributed by atoms with Gasteiger partial charge in [-0.05, 0) is 19.1 Å². The van der Waals surface area contributed by atoms with Crippen molar-refractivity contribution < 1.29 is 9.84 Å². The molecule has 6 heteroatoms. The number of aliphatic hydroxyl groups excluding tert-OH is 1. The minimum Gasteiger partial charge on any atom is -0.440 e. The number of nitrogens with zero attached hydrogens (tertiary/aromatic N) is 2. The topological polar surface area (TPSA) is 106 Å². The monoisotopic (exact) mass is 234 g/mol. The molecule has 1 aliphatic rings. The summed E-state index contributed by atoms with van der Waals surface area (Å²) >= 11 is 0. The van der Waals surface area contributed by atoms with Crippen LogP contribution in [0.2, 0.25) is 0 Å². The van der Waals surface area contributed by atoms with Crippen molar-refractivity contribution in [3.05, 3.63) is 29.8 Å². The predicted molar refractivity (Wildman–Crippen MR) is 64.8 cm³/mol. The van der Waals surface area contributed by atoms with Gasteiger partial charge in [-0.25, -0.2) is 9.98 Å². The van der Waals surface area contributed by atoms with Crippen molar-refractivity contribution in [3.63, 3.8) is 0 Å². The lowest BCUT2D eigenvalue weighted by molar-refractivity contribution is 0.272. The Morgan fingerprint density at radius 2 is 1.88 bits per heavy atom. The number of rotatable bonds is 1. The zero-order valence-electron chi connectivity index (χ0n) is 9.37. The fourth-order valence-corrected chi connectivity index (χ4v) is 1.39. The molecule has 1 aliphatic heterocycles. The lowest BCUT2D eigenvalue weighted by Crippen LogP contribution is -2.44. The van der Waals surface area contributed by atoms with E-state index in [-0.39, 0.29) is 11.7 Å². The Hall–Kier alpha value is -1.92. The average molecular weight is 234 g/mol. The van der Waals surface area contributed by atoms with Crippen LogP contribution in [0.15, 0.2) is 34.3 Å². The molecule has 0 fully saturated rings. The normalized spacial score (nSPS) is 23.9. The number of amidine groups is 1. The highest BCUT2D eigenvalue weighted by Gasteiger charge is 2.25. The van der Waals surface area contributed by atoms with Crippen molar-refractivity contribution >= 4 is 11.7 Å². The van der Waals surface area contributed by atoms with Gasteiger partial charge in [0.05, 0.1) is 0 Å². The standard InChI is InChI=1S/C11H14N4O2/c1-6-2-4-7(5-3-6)17-10-8(16)9(12)14-11(13)15-10/h2-5,8,11,16H,13H2,1H3,(H2,12,14). The van der Waals surface area contributed by atoms with Crippen molar-refractivity contribution in [2.75, 3.05) is 0 Å². The lowest BCUT2D eigenvalue weighted by atomic mass is 10.2. The molecule has 0 spiro atoms. The third kappa shape index (κ3) is 2.61. The Bertz CT molecular complexity index is 467. The molecule has 0 saturated heterocycles. The number of aryl methyl sites for hydroxylation is 1. The number of hydrogen-bond donors (Lipinski definition) is 3. The van der Waals surface area contributed by atoms with Gasteiger partial charge in [0.25, 0.3) is 0 Å². The van der Waals surface area contributed by atoms with E-state index in [2.05, 4.69) is 9.98 Å². The highest BCUT2D eigenvalue weighted by Crippen LogP contribution is 2.14. The highest BCUT2D eigenvalue weighted by atomic mass is 16.5. The summed E-state index contributed by atoms with van der Waals surface area (Å²) in [4.78, 5) is 7.61. The molecule has 5 N–H and O–H groups in total. The molecule has 2 atom stereocenters. The fourth-order valence-electron chi connectivity index (χ4n) is 1.39. The molecule has 17 heavy (non-hydrogen) atoms. The second-order valence-electron chi connectivity index (χ2n) is 3.75. The summed E-state index contributed by atoms with van der Waals surface area (Å²) < 4.78 is 5.42. The maximum atomic E-state index is 9.70. The molecule has 6 nitrogen and oxygen atoms in total. The minimum absolute atomic E-state index is 0.00890. The van der Waals surface area contributed by atoms with Crippen LogP contribution in [0.4, 0.5) is 0 Å². The number of aliphatic hydroxyl groups is 1. The van der Waals surface area contributed by atoms with Crippen LogP contribution in [-0.4, -0.2) is 29.2 Å². The number of hydrogen-bond acceptors (Lipinski definition) is 6. The van der Waals surface area contributed by atoms with E-state index >= 15 is 0 Å². The Morgan fingerprint density at radius 3 is 2.53 bits per heavy atom. The van der Waals surface area contributed by atoms with Gasteiger partial charge >= 0.3 is 0 Å². The summed E-state index contributed by atoms with van der Waals surface area (Å²) in [6, 6.07) is 7.33. The third-order valence-corrected chi connectivity index (χ3v) is 2.30. The van der Waals surface area contributed by atoms with E-state index in [9.17, 15) is 5.11 Å². The molecule has 1 heterocycles. The van der Waals surface area contributed by atoms with E-state index < -0.39 is 12.4 Å². The zero-order chi connectivity index (χ0) is 12.4. The maximum Gasteiger partial charge on any atom is 0.230 e. The summed E-state index contributed by atoms with van der Waals surface area (Å²) in [5.41, 5.74) is 12.1. The van der Waals surface area contributed by atoms with Crippen molar-refractivity contribution in [1.82, 2.24) is 0 Å². The van der Waals surface area contributed by atoms with Gasteiger partial charge in [0.1, 0.15) is 11.6 Å². The molecule has 90 valence electrons. The first-order valence-corrected chi connectivity index (χ1v) is 5.15. The lowest BCUT2D eigenvalue weighted by Gasteiger charge is -2.20. The summed E-state index contributed by atoms with van der Waals surface area (Å²) in [6.07, 6.45) is -1.96. The van der Waals surface area contributed by atoms with Crippen LogP contribution in [0.1, 0.15) is 5.56 Å². The van der Waals surface area contributed by atoms with Gasteiger partial charge < -0.3 is 15.6 Å². The number of nitrogens with two attached hydrogens (primary N) is 2. The van der Waals surface area contributed by atoms with E-state index in [0.29, 0.717) is 5.75 Å². The van der Waals surface area contributed by atoms with Crippen molar-refractivity contribution in [2.24, 2.45) is 21.5 Å². The van der Waals surface area contributed by atoms with Crippen LogP contribution < -0.4 is 16.2 Å². The van der Waals surface area contributed by atoms with Crippen molar-refractivity contribution in [1.29, 1.82) is 0 Å². The van der Waals surface area contributed by atoms with Gasteiger partial charge in [-0.3, -0.25) is 5.73 Å². The van der Waals surface area contributed by atoms with Gasteiger partial charge in [0, 0.05) is 0 Å². The second kappa shape index (κ2) is 4.52. The molecule has 1 aromatic carbocycles. The summed E-state index contributed by atoms with van der Waals surface area (Å²) in [5, 5.41) is 9.70. The molecular formula is C11H14N4O2. The largest absolute Gasteiger partial charge is 0.440 e. The number of aliphatic imine (C=N–C) groups is 2. The Balaban J connectivity index is 2.16. The molecule has 0 saturated carbocycles. The first-order valence-electron chi connectivity index (χ1n) is 5.15. The highest BCUT2D eigenvalue weighted by molar-refractivity contribution is 6.06. The Morgan fingerprint density at radius 1 is 1.24 bits per heavy atom. The molecule has 0 amide bonds. The average Bonchev–Trinajstić information content (AvgIpc) is 2.28. The predicted octanol–water partition coefficient (Wildman–Crippen LogP) is -0.254. The molecule has 0 bridgehead atoms. The Labute approximate surface area is 98.6 Å². The third-order valence-electron chi connectivity index (χ3n) is 2.30. The van der Waals surface area contributed by atoms with Crippen molar-refractivity contribution in [3.8, 4) is 5.75 Å². The van der Waals surface area contributed by atoms with Crippen LogP contribution in [0, 0.1) is 6.92 Å². The fraction of sp³-hybridized carbons (Fsp3) is 0.273. The number of benzene rings is 1. The molecular weight excluding hydrogens is 220 g/mol. The molecule has 0 aliphatic carbocycles. The molecule has 0 aromatic heterocycles. The van der Waals surface area contributed by atoms with Crippen LogP contribution in [0.3, 0.4) is 0 Å². The van der Waals surface area contributed by atoms with E-state index in [1.54, 1.807) is 12.1 Å². The van der Waals surface area contributed by atoms with Crippen LogP contribution in [0.25, 0.3) is 0 Å². The van der Waals surface area contributed by atoms with Crippen LogP contribution >= 0.6 is 0 Å². The van der Waals surface area contributed by atoms with Gasteiger partial charge in [0.2, 0.25) is 5.90 Å². The van der Waals surface area contributed by atoms with Gasteiger partial charge in [-0.1, -0.05) is 17.7 Å². The summed E-state index contributed by atoms with van der Waals surface area (Å²) in [5.74, 6) is 0.638. The Kier molecular flexibility index (Phi) is 3.08. The first-order chi connectivity index (χ1) is 8.06. The van der Waals surface area contributed by atoms with E-state index in [1.165, 1.54) is 0 Å². The van der Waals surface area contributed by atoms with E-state index in [4.69, 9.17) is 16.2 Å². The minimum atomic E-state index is -1.14. The van der Waals surface area contributed by atoms with E-state index in [1.807, 2.05) is 19.1 Å². The van der Waals surface area contributed by atoms with Crippen LogP contribution in [0.5, 0.6) is 5.75 Å². The smallest absolute Gasteiger partial charge is 0.230 e. The molecule has 1 aromatic rings. The SMILES string of the molecule is Cc1ccc(OC2=NC(N)N=C(N)C2O)cc1. The number of ether oxygens (including phenoxy) is 1. The van der Waals surface area contributed by atoms with E-state index in [0.717, 1.165) is 5.56 Å². The maximum absolute atomic E-state index is 9.70. The summed E-state index contributed by atoms with van der Waals surface area (Å²) in [6.45, 7) is 1.97. The van der Waals surface area contributed by atoms with Gasteiger partial charge in [-0.2, -0.15) is 0 Å². The quantitative estimate of drug-likeness (QED) is 0.622. The summed E-state index contributed by atoms with van der Waals surface area (Å²) in [7, 11) is 0. The molecule has 0 radical (unpaired) electrons. The first kappa shape index (κ1) is 11.6.